The molecule has 21 heavy (non-hydrogen) atoms. The topological polar surface area (TPSA) is 85.1 Å². The number of nitrogen functional groups attached to an aromatic ring is 1. The summed E-state index contributed by atoms with van der Waals surface area (Å²) in [6.07, 6.45) is 1.16. The van der Waals surface area contributed by atoms with Gasteiger partial charge in [-0.25, -0.2) is 18.1 Å². The number of rotatable bonds is 4. The number of hydrogen-bond acceptors (Lipinski definition) is 4. The number of aromatic nitrogens is 1. The van der Waals surface area contributed by atoms with E-state index in [0.29, 0.717) is 5.02 Å². The van der Waals surface area contributed by atoms with Gasteiger partial charge in [0.2, 0.25) is 10.0 Å². The molecule has 3 N–H and O–H groups in total. The zero-order chi connectivity index (χ0) is 15.6. The standard InChI is InChI=1S/C13H13Cl2N3O2S/c1-8(9-2-4-10(14)5-3-9)18-21(19,20)11-6-12(15)13(16)17-7-11/h2-8,18H,1H3,(H2,16,17). The first-order valence-electron chi connectivity index (χ1n) is 5.98. The Morgan fingerprint density at radius 2 is 1.86 bits per heavy atom. The molecule has 0 saturated carbocycles. The van der Waals surface area contributed by atoms with Crippen LogP contribution in [0.15, 0.2) is 41.4 Å². The van der Waals surface area contributed by atoms with Crippen LogP contribution in [0.5, 0.6) is 0 Å². The summed E-state index contributed by atoms with van der Waals surface area (Å²) < 4.78 is 27.1. The first-order valence-corrected chi connectivity index (χ1v) is 8.22. The van der Waals surface area contributed by atoms with Crippen molar-refractivity contribution in [3.8, 4) is 0 Å². The van der Waals surface area contributed by atoms with Crippen molar-refractivity contribution in [1.29, 1.82) is 0 Å². The summed E-state index contributed by atoms with van der Waals surface area (Å²) in [6.45, 7) is 1.73. The minimum atomic E-state index is -3.74. The van der Waals surface area contributed by atoms with E-state index in [1.165, 1.54) is 6.07 Å². The van der Waals surface area contributed by atoms with Crippen molar-refractivity contribution in [2.75, 3.05) is 5.73 Å². The van der Waals surface area contributed by atoms with Crippen LogP contribution >= 0.6 is 23.2 Å². The molecule has 0 fully saturated rings. The Morgan fingerprint density at radius 3 is 2.43 bits per heavy atom. The Hall–Kier alpha value is -1.34. The van der Waals surface area contributed by atoms with Crippen LogP contribution in [0.25, 0.3) is 0 Å². The zero-order valence-corrected chi connectivity index (χ0v) is 13.4. The van der Waals surface area contributed by atoms with Crippen LogP contribution in [-0.2, 0) is 10.0 Å². The minimum Gasteiger partial charge on any atom is -0.382 e. The summed E-state index contributed by atoms with van der Waals surface area (Å²) in [7, 11) is -3.74. The normalized spacial score (nSPS) is 13.1. The number of anilines is 1. The van der Waals surface area contributed by atoms with Gasteiger partial charge in [0.05, 0.1) is 5.02 Å². The Balaban J connectivity index is 2.24. The van der Waals surface area contributed by atoms with Crippen LogP contribution in [-0.4, -0.2) is 13.4 Å². The van der Waals surface area contributed by atoms with Crippen molar-refractivity contribution in [3.63, 3.8) is 0 Å². The molecule has 1 heterocycles. The van der Waals surface area contributed by atoms with Gasteiger partial charge in [-0.2, -0.15) is 0 Å². The summed E-state index contributed by atoms with van der Waals surface area (Å²) in [6, 6.07) is 7.74. The first-order chi connectivity index (χ1) is 9.79. The third-order valence-corrected chi connectivity index (χ3v) is 4.92. The van der Waals surface area contributed by atoms with Crippen LogP contribution in [0, 0.1) is 0 Å². The van der Waals surface area contributed by atoms with Gasteiger partial charge in [-0.05, 0) is 30.7 Å². The molecule has 1 aromatic carbocycles. The zero-order valence-electron chi connectivity index (χ0n) is 11.0. The number of nitrogens with zero attached hydrogens (tertiary/aromatic N) is 1. The maximum atomic E-state index is 12.3. The van der Waals surface area contributed by atoms with Gasteiger partial charge in [0.1, 0.15) is 10.7 Å². The fourth-order valence-electron chi connectivity index (χ4n) is 1.70. The van der Waals surface area contributed by atoms with E-state index >= 15 is 0 Å². The molecule has 112 valence electrons. The van der Waals surface area contributed by atoms with Crippen LogP contribution in [0.4, 0.5) is 5.82 Å². The molecule has 0 radical (unpaired) electrons. The summed E-state index contributed by atoms with van der Waals surface area (Å²) in [5.41, 5.74) is 6.26. The summed E-state index contributed by atoms with van der Waals surface area (Å²) in [4.78, 5) is 3.71. The number of nitrogens with two attached hydrogens (primary N) is 1. The molecule has 0 aliphatic heterocycles. The molecule has 0 aliphatic rings. The van der Waals surface area contributed by atoms with E-state index in [1.807, 2.05) is 0 Å². The second-order valence-electron chi connectivity index (χ2n) is 4.43. The van der Waals surface area contributed by atoms with Crippen LogP contribution < -0.4 is 10.5 Å². The van der Waals surface area contributed by atoms with Gasteiger partial charge < -0.3 is 5.73 Å². The summed E-state index contributed by atoms with van der Waals surface area (Å²) in [5.74, 6) is 0.0846. The van der Waals surface area contributed by atoms with Gasteiger partial charge in [-0.3, -0.25) is 0 Å². The number of pyridine rings is 1. The van der Waals surface area contributed by atoms with Crippen molar-refractivity contribution in [3.05, 3.63) is 52.1 Å². The van der Waals surface area contributed by atoms with Crippen molar-refractivity contribution in [2.45, 2.75) is 17.9 Å². The number of halogens is 2. The number of benzene rings is 1. The molecule has 0 amide bonds. The molecule has 2 rings (SSSR count). The van der Waals surface area contributed by atoms with Crippen molar-refractivity contribution in [2.24, 2.45) is 0 Å². The van der Waals surface area contributed by atoms with E-state index < -0.39 is 16.1 Å². The van der Waals surface area contributed by atoms with Gasteiger partial charge in [-0.15, -0.1) is 0 Å². The molecule has 2 aromatic rings. The van der Waals surface area contributed by atoms with Gasteiger partial charge in [0, 0.05) is 17.3 Å². The van der Waals surface area contributed by atoms with E-state index in [2.05, 4.69) is 9.71 Å². The van der Waals surface area contributed by atoms with E-state index in [4.69, 9.17) is 28.9 Å². The van der Waals surface area contributed by atoms with Crippen LogP contribution in [0.1, 0.15) is 18.5 Å². The van der Waals surface area contributed by atoms with Crippen molar-refractivity contribution in [1.82, 2.24) is 9.71 Å². The lowest BCUT2D eigenvalue weighted by Gasteiger charge is -2.15. The first kappa shape index (κ1) is 16.0. The largest absolute Gasteiger partial charge is 0.382 e. The van der Waals surface area contributed by atoms with Crippen LogP contribution in [0.3, 0.4) is 0 Å². The highest BCUT2D eigenvalue weighted by molar-refractivity contribution is 7.89. The predicted molar refractivity (Wildman–Crippen MR) is 83.8 cm³/mol. The molecule has 1 atom stereocenters. The fourth-order valence-corrected chi connectivity index (χ4v) is 3.26. The summed E-state index contributed by atoms with van der Waals surface area (Å²) in [5, 5.41) is 0.681. The molecule has 1 unspecified atom stereocenters. The van der Waals surface area contributed by atoms with E-state index in [1.54, 1.807) is 31.2 Å². The minimum absolute atomic E-state index is 0.0393. The number of nitrogens with one attached hydrogen (secondary N) is 1. The fraction of sp³-hybridized carbons (Fsp3) is 0.154. The maximum Gasteiger partial charge on any atom is 0.242 e. The smallest absolute Gasteiger partial charge is 0.242 e. The average Bonchev–Trinajstić information content (AvgIpc) is 2.42. The molecule has 8 heteroatoms. The Bertz CT molecular complexity index is 749. The van der Waals surface area contributed by atoms with E-state index in [9.17, 15) is 8.42 Å². The van der Waals surface area contributed by atoms with Crippen LogP contribution in [0.2, 0.25) is 10.0 Å². The highest BCUT2D eigenvalue weighted by Crippen LogP contribution is 2.22. The average molecular weight is 346 g/mol. The second kappa shape index (κ2) is 6.19. The van der Waals surface area contributed by atoms with Gasteiger partial charge in [0.15, 0.2) is 0 Å². The quantitative estimate of drug-likeness (QED) is 0.891. The van der Waals surface area contributed by atoms with E-state index in [-0.39, 0.29) is 15.7 Å². The van der Waals surface area contributed by atoms with Gasteiger partial charge in [-0.1, -0.05) is 35.3 Å². The van der Waals surface area contributed by atoms with Crippen molar-refractivity contribution >= 4 is 39.0 Å². The summed E-state index contributed by atoms with van der Waals surface area (Å²) >= 11 is 11.6. The van der Waals surface area contributed by atoms with E-state index in [0.717, 1.165) is 11.8 Å². The lowest BCUT2D eigenvalue weighted by molar-refractivity contribution is 0.566. The SMILES string of the molecule is CC(NS(=O)(=O)c1cnc(N)c(Cl)c1)c1ccc(Cl)cc1. The highest BCUT2D eigenvalue weighted by Gasteiger charge is 2.19. The third-order valence-electron chi connectivity index (χ3n) is 2.86. The second-order valence-corrected chi connectivity index (χ2v) is 6.99. The Kier molecular flexibility index (Phi) is 4.73. The number of sulfonamides is 1. The molecule has 5 nitrogen and oxygen atoms in total. The third kappa shape index (κ3) is 3.85. The number of hydrogen-bond donors (Lipinski definition) is 2. The Morgan fingerprint density at radius 1 is 1.24 bits per heavy atom. The molecular formula is C13H13Cl2N3O2S. The lowest BCUT2D eigenvalue weighted by Crippen LogP contribution is -2.27. The highest BCUT2D eigenvalue weighted by atomic mass is 35.5. The van der Waals surface area contributed by atoms with Crippen molar-refractivity contribution < 1.29 is 8.42 Å². The van der Waals surface area contributed by atoms with Gasteiger partial charge >= 0.3 is 0 Å². The molecule has 1 aromatic heterocycles. The molecule has 0 saturated heterocycles. The predicted octanol–water partition coefficient (Wildman–Crippen LogP) is 3.01. The maximum absolute atomic E-state index is 12.3. The Labute approximate surface area is 133 Å². The monoisotopic (exact) mass is 345 g/mol. The molecule has 0 aliphatic carbocycles. The molecule has 0 bridgehead atoms. The lowest BCUT2D eigenvalue weighted by atomic mass is 10.1. The van der Waals surface area contributed by atoms with Gasteiger partial charge in [0.25, 0.3) is 0 Å². The molecule has 0 spiro atoms. The molecular weight excluding hydrogens is 333 g/mol.